The smallest absolute Gasteiger partial charge is 0.326 e. The van der Waals surface area contributed by atoms with Crippen LogP contribution in [0.2, 0.25) is 0 Å². The van der Waals surface area contributed by atoms with Crippen molar-refractivity contribution in [1.82, 2.24) is 29.3 Å². The molecule has 11 heteroatoms. The minimum Gasteiger partial charge on any atom is -0.355 e. The van der Waals surface area contributed by atoms with Crippen LogP contribution in [0, 0.1) is 0 Å². The fraction of sp³-hybridized carbons (Fsp3) is 0.321. The van der Waals surface area contributed by atoms with Crippen molar-refractivity contribution < 1.29 is 9.59 Å². The molecule has 0 unspecified atom stereocenters. The van der Waals surface area contributed by atoms with Crippen molar-refractivity contribution in [2.75, 3.05) is 12.4 Å². The quantitative estimate of drug-likeness (QED) is 0.363. The number of rotatable bonds is 5. The largest absolute Gasteiger partial charge is 0.355 e. The van der Waals surface area contributed by atoms with Gasteiger partial charge in [-0.25, -0.2) is 14.3 Å². The van der Waals surface area contributed by atoms with Crippen LogP contribution in [-0.4, -0.2) is 54.9 Å². The Morgan fingerprint density at radius 1 is 1.08 bits per heavy atom. The Morgan fingerprint density at radius 3 is 2.44 bits per heavy atom. The highest BCUT2D eigenvalue weighted by Gasteiger charge is 2.32. The van der Waals surface area contributed by atoms with E-state index in [9.17, 15) is 19.2 Å². The maximum Gasteiger partial charge on any atom is 0.326 e. The van der Waals surface area contributed by atoms with Gasteiger partial charge in [-0.2, -0.15) is 0 Å². The molecule has 0 fully saturated rings. The van der Waals surface area contributed by atoms with Gasteiger partial charge >= 0.3 is 5.69 Å². The molecule has 0 saturated carbocycles. The van der Waals surface area contributed by atoms with Crippen LogP contribution in [0.15, 0.2) is 52.1 Å². The van der Waals surface area contributed by atoms with E-state index >= 15 is 0 Å². The van der Waals surface area contributed by atoms with Crippen LogP contribution in [0.1, 0.15) is 52.7 Å². The Hall–Kier alpha value is -4.67. The Labute approximate surface area is 224 Å². The second kappa shape index (κ2) is 9.90. The highest BCUT2D eigenvalue weighted by atomic mass is 16.2. The molecule has 1 atom stereocenters. The van der Waals surface area contributed by atoms with E-state index in [1.807, 2.05) is 20.8 Å². The lowest BCUT2D eigenvalue weighted by molar-refractivity contribution is 0.0653. The predicted molar refractivity (Wildman–Crippen MR) is 149 cm³/mol. The lowest BCUT2D eigenvalue weighted by atomic mass is 9.98. The van der Waals surface area contributed by atoms with Crippen LogP contribution < -0.4 is 21.9 Å². The number of imidazole rings is 1. The van der Waals surface area contributed by atoms with Crippen molar-refractivity contribution in [3.05, 3.63) is 85.7 Å². The summed E-state index contributed by atoms with van der Waals surface area (Å²) in [5, 5.41) is 5.85. The van der Waals surface area contributed by atoms with Crippen molar-refractivity contribution >= 4 is 28.8 Å². The molecular formula is C28H31N7O4. The number of nitrogens with one attached hydrogen (secondary N) is 3. The highest BCUT2D eigenvalue weighted by Crippen LogP contribution is 2.25. The van der Waals surface area contributed by atoms with Gasteiger partial charge in [0.25, 0.3) is 17.4 Å². The topological polar surface area (TPSA) is 134 Å². The maximum absolute atomic E-state index is 13.8. The molecular weight excluding hydrogens is 498 g/mol. The molecule has 5 rings (SSSR count). The number of aryl methyl sites for hydroxylation is 1. The Balaban J connectivity index is 1.53. The van der Waals surface area contributed by atoms with Crippen molar-refractivity contribution in [2.24, 2.45) is 7.05 Å². The molecule has 0 aliphatic carbocycles. The van der Waals surface area contributed by atoms with E-state index in [0.717, 1.165) is 0 Å². The SMILES string of the molecule is CNC(=O)c1ccc(-n2c(NC(C)C)nc3c(c2=O)C[C@@H](C)N(C(=O)c2ccc4c(c2)[nH]c(=O)n4C)C3)cc1. The van der Waals surface area contributed by atoms with Crippen LogP contribution in [-0.2, 0) is 20.0 Å². The molecule has 0 spiro atoms. The molecule has 1 aliphatic rings. The summed E-state index contributed by atoms with van der Waals surface area (Å²) in [4.78, 5) is 60.7. The van der Waals surface area contributed by atoms with E-state index < -0.39 is 0 Å². The van der Waals surface area contributed by atoms with Crippen LogP contribution in [0.5, 0.6) is 0 Å². The number of hydrogen-bond acceptors (Lipinski definition) is 6. The van der Waals surface area contributed by atoms with Crippen LogP contribution in [0.3, 0.4) is 0 Å². The summed E-state index contributed by atoms with van der Waals surface area (Å²) in [5.74, 6) is -0.0464. The summed E-state index contributed by atoms with van der Waals surface area (Å²) in [6, 6.07) is 11.7. The number of benzene rings is 2. The lowest BCUT2D eigenvalue weighted by Gasteiger charge is -2.34. The number of amides is 2. The van der Waals surface area contributed by atoms with Gasteiger partial charge in [0.1, 0.15) is 0 Å². The van der Waals surface area contributed by atoms with Crippen molar-refractivity contribution in [3.8, 4) is 5.69 Å². The molecule has 39 heavy (non-hydrogen) atoms. The predicted octanol–water partition coefficient (Wildman–Crippen LogP) is 2.18. The van der Waals surface area contributed by atoms with E-state index in [4.69, 9.17) is 4.98 Å². The molecule has 2 aromatic carbocycles. The first-order valence-corrected chi connectivity index (χ1v) is 12.8. The van der Waals surface area contributed by atoms with Gasteiger partial charge in [-0.05, 0) is 69.7 Å². The third kappa shape index (κ3) is 4.60. The summed E-state index contributed by atoms with van der Waals surface area (Å²) in [6.07, 6.45) is 0.343. The average Bonchev–Trinajstić information content (AvgIpc) is 3.20. The molecule has 2 aromatic heterocycles. The van der Waals surface area contributed by atoms with Crippen LogP contribution in [0.25, 0.3) is 16.7 Å². The zero-order chi connectivity index (χ0) is 28.0. The normalized spacial score (nSPS) is 14.9. The Morgan fingerprint density at radius 2 is 1.77 bits per heavy atom. The van der Waals surface area contributed by atoms with E-state index in [-0.39, 0.29) is 41.7 Å². The van der Waals surface area contributed by atoms with Gasteiger partial charge in [0.15, 0.2) is 0 Å². The van der Waals surface area contributed by atoms with E-state index in [2.05, 4.69) is 15.6 Å². The number of aromatic amines is 1. The van der Waals surface area contributed by atoms with Crippen molar-refractivity contribution in [1.29, 1.82) is 0 Å². The second-order valence-electron chi connectivity index (χ2n) is 10.1. The zero-order valence-electron chi connectivity index (χ0n) is 22.5. The highest BCUT2D eigenvalue weighted by molar-refractivity contribution is 5.97. The maximum atomic E-state index is 13.8. The number of aromatic nitrogens is 4. The number of hydrogen-bond donors (Lipinski definition) is 3. The summed E-state index contributed by atoms with van der Waals surface area (Å²) in [6.45, 7) is 5.99. The minimum absolute atomic E-state index is 0.00801. The third-order valence-corrected chi connectivity index (χ3v) is 7.06. The number of H-pyrrole nitrogens is 1. The Kier molecular flexibility index (Phi) is 6.59. The summed E-state index contributed by atoms with van der Waals surface area (Å²) >= 11 is 0. The first-order chi connectivity index (χ1) is 18.6. The van der Waals surface area contributed by atoms with E-state index in [0.29, 0.717) is 51.5 Å². The minimum atomic E-state index is -0.252. The fourth-order valence-corrected chi connectivity index (χ4v) is 4.97. The van der Waals surface area contributed by atoms with Gasteiger partial charge in [0.2, 0.25) is 5.95 Å². The van der Waals surface area contributed by atoms with Crippen molar-refractivity contribution in [3.63, 3.8) is 0 Å². The molecule has 0 saturated heterocycles. The van der Waals surface area contributed by atoms with Crippen LogP contribution >= 0.6 is 0 Å². The summed E-state index contributed by atoms with van der Waals surface area (Å²) < 4.78 is 3.02. The number of carbonyl (C=O) groups is 2. The monoisotopic (exact) mass is 529 g/mol. The van der Waals surface area contributed by atoms with E-state index in [1.54, 1.807) is 61.5 Å². The van der Waals surface area contributed by atoms with Gasteiger partial charge in [-0.1, -0.05) is 0 Å². The van der Waals surface area contributed by atoms with Crippen molar-refractivity contribution in [2.45, 2.75) is 45.8 Å². The van der Waals surface area contributed by atoms with E-state index in [1.165, 1.54) is 9.13 Å². The number of nitrogens with zero attached hydrogens (tertiary/aromatic N) is 4. The number of anilines is 1. The molecule has 2 amide bonds. The summed E-state index contributed by atoms with van der Waals surface area (Å²) in [7, 11) is 3.23. The first-order valence-electron chi connectivity index (χ1n) is 12.8. The standard InChI is InChI=1S/C28H31N7O4/c1-15(2)30-27-31-22-14-34(25(37)18-8-11-23-21(13-18)32-28(39)33(23)5)16(3)12-20(22)26(38)35(27)19-9-6-17(7-10-19)24(36)29-4/h6-11,13,15-16H,12,14H2,1-5H3,(H,29,36)(H,30,31)(H,32,39)/t16-/m1/s1. The Bertz CT molecular complexity index is 1710. The lowest BCUT2D eigenvalue weighted by Crippen LogP contribution is -2.46. The third-order valence-electron chi connectivity index (χ3n) is 7.06. The fourth-order valence-electron chi connectivity index (χ4n) is 4.97. The summed E-state index contributed by atoms with van der Waals surface area (Å²) in [5.41, 5.74) is 3.46. The van der Waals surface area contributed by atoms with Crippen LogP contribution in [0.4, 0.5) is 5.95 Å². The number of carbonyl (C=O) groups excluding carboxylic acids is 2. The number of fused-ring (bicyclic) bond motifs is 2. The van der Waals surface area contributed by atoms with Gasteiger partial charge in [-0.15, -0.1) is 0 Å². The molecule has 0 bridgehead atoms. The van der Waals surface area contributed by atoms with Gasteiger partial charge in [0.05, 0.1) is 29.0 Å². The second-order valence-corrected chi connectivity index (χ2v) is 10.1. The molecule has 11 nitrogen and oxygen atoms in total. The average molecular weight is 530 g/mol. The first kappa shape index (κ1) is 26.0. The van der Waals surface area contributed by atoms with Gasteiger partial charge in [0, 0.05) is 42.9 Å². The molecule has 4 aromatic rings. The molecule has 202 valence electrons. The molecule has 1 aliphatic heterocycles. The zero-order valence-corrected chi connectivity index (χ0v) is 22.5. The van der Waals surface area contributed by atoms with Gasteiger partial charge in [-0.3, -0.25) is 19.0 Å². The molecule has 3 N–H and O–H groups in total. The molecule has 0 radical (unpaired) electrons. The van der Waals surface area contributed by atoms with Gasteiger partial charge < -0.3 is 20.5 Å². The molecule has 3 heterocycles.